The Hall–Kier alpha value is -5.34. The van der Waals surface area contributed by atoms with E-state index < -0.39 is 283 Å². The summed E-state index contributed by atoms with van der Waals surface area (Å²) >= 11 is 0. The lowest BCUT2D eigenvalue weighted by atomic mass is 9.84. The van der Waals surface area contributed by atoms with E-state index in [4.69, 9.17) is 15.3 Å². The lowest BCUT2D eigenvalue weighted by Gasteiger charge is -2.29. The lowest BCUT2D eigenvalue weighted by molar-refractivity contribution is -0.140. The van der Waals surface area contributed by atoms with Crippen molar-refractivity contribution in [1.29, 1.82) is 0 Å². The van der Waals surface area contributed by atoms with E-state index in [9.17, 15) is 119 Å². The summed E-state index contributed by atoms with van der Waals surface area (Å²) in [6, 6.07) is -4.61. The van der Waals surface area contributed by atoms with Crippen LogP contribution in [0.1, 0.15) is 119 Å². The van der Waals surface area contributed by atoms with Crippen molar-refractivity contribution in [2.24, 2.45) is 17.3 Å². The first kappa shape index (κ1) is 80.7. The standard InChI is InChI=1S/C53H94N6O27/c1-52(2,3)49(84)29(11-14-40(73)56-21-34(67)45(80)48(83)37(70)24-62)58-51(86)25(7-15-41(74)75)17-30(63)27(9-12-38(71)54-19-32(65)43(78)46(81)35(68)22-60)57-50(85)26(8-16-42(76)77)18-31(64)28(59-53(4,5)6)10-13-39(72)55-20-33(66)44(79)47(82)36(69)23-61/h25-29,32-37,43-48,59-62,65-70,78-83H,7-24H2,1-6H3,(H,54,71)(H,55,72)(H,56,73)(H,57,85)(H,58,86)(H,74,75)(H,76,77)/t25-,26-,27+,28+,29+,32+,33+,34+,35-,36-,37-,43-,44-,45-,46-,47-,48-/m1/s1. The summed E-state index contributed by atoms with van der Waals surface area (Å²) in [4.78, 5) is 134. The first-order chi connectivity index (χ1) is 39.7. The van der Waals surface area contributed by atoms with Crippen LogP contribution in [0.4, 0.5) is 0 Å². The molecule has 0 aliphatic carbocycles. The van der Waals surface area contributed by atoms with Gasteiger partial charge in [0, 0.05) is 87.4 Å². The maximum Gasteiger partial charge on any atom is 0.303 e. The Kier molecular flexibility index (Phi) is 37.1. The number of carboxylic acid groups (broad SMARTS) is 2. The van der Waals surface area contributed by atoms with E-state index in [1.807, 2.05) is 0 Å². The second-order valence-corrected chi connectivity index (χ2v) is 23.2. The zero-order chi connectivity index (χ0) is 66.6. The minimum Gasteiger partial charge on any atom is -0.481 e. The average molecular weight is 1250 g/mol. The fourth-order valence-corrected chi connectivity index (χ4v) is 8.34. The molecule has 0 radical (unpaired) electrons. The molecule has 498 valence electrons. The van der Waals surface area contributed by atoms with Gasteiger partial charge < -0.3 is 119 Å². The summed E-state index contributed by atoms with van der Waals surface area (Å²) in [6.45, 7) is 4.21. The Morgan fingerprint density at radius 3 is 0.942 bits per heavy atom. The van der Waals surface area contributed by atoms with Gasteiger partial charge in [0.1, 0.15) is 54.9 Å². The number of carbonyl (C=O) groups is 10. The summed E-state index contributed by atoms with van der Waals surface area (Å²) in [5, 5.41) is 181. The maximum absolute atomic E-state index is 14.5. The largest absolute Gasteiger partial charge is 0.481 e. The number of Topliss-reactive ketones (excluding diaryl/α,β-unsaturated/α-hetero) is 3. The average Bonchev–Trinajstić information content (AvgIpc) is 3.03. The molecule has 5 amide bonds. The molecule has 86 heavy (non-hydrogen) atoms. The fourth-order valence-electron chi connectivity index (χ4n) is 8.34. The van der Waals surface area contributed by atoms with Crippen LogP contribution in [-0.2, 0) is 47.9 Å². The van der Waals surface area contributed by atoms with E-state index in [-0.39, 0.29) is 6.42 Å². The highest BCUT2D eigenvalue weighted by Crippen LogP contribution is 2.23. The van der Waals surface area contributed by atoms with E-state index in [2.05, 4.69) is 31.9 Å². The number of hydrogen-bond donors (Lipinski definition) is 23. The fraction of sp³-hybridized carbons (Fsp3) is 0.811. The monoisotopic (exact) mass is 1250 g/mol. The molecule has 0 unspecified atom stereocenters. The first-order valence-electron chi connectivity index (χ1n) is 27.9. The first-order valence-corrected chi connectivity index (χ1v) is 27.9. The molecule has 17 atom stereocenters. The second kappa shape index (κ2) is 39.5. The molecule has 33 nitrogen and oxygen atoms in total. The van der Waals surface area contributed by atoms with Crippen LogP contribution in [0.15, 0.2) is 0 Å². The second-order valence-electron chi connectivity index (χ2n) is 23.2. The van der Waals surface area contributed by atoms with Gasteiger partial charge in [-0.1, -0.05) is 20.8 Å². The van der Waals surface area contributed by atoms with Crippen LogP contribution >= 0.6 is 0 Å². The lowest BCUT2D eigenvalue weighted by Crippen LogP contribution is -2.51. The minimum atomic E-state index is -2.11. The van der Waals surface area contributed by atoms with Crippen molar-refractivity contribution >= 4 is 58.8 Å². The van der Waals surface area contributed by atoms with Gasteiger partial charge in [-0.25, -0.2) is 0 Å². The van der Waals surface area contributed by atoms with Crippen molar-refractivity contribution in [1.82, 2.24) is 31.9 Å². The highest BCUT2D eigenvalue weighted by Gasteiger charge is 2.38. The van der Waals surface area contributed by atoms with Gasteiger partial charge in [-0.05, 0) is 52.9 Å². The van der Waals surface area contributed by atoms with Gasteiger partial charge in [-0.15, -0.1) is 0 Å². The Labute approximate surface area is 496 Å². The number of aliphatic hydroxyl groups is 15. The van der Waals surface area contributed by atoms with Gasteiger partial charge in [0.2, 0.25) is 29.5 Å². The molecule has 0 aromatic carbocycles. The third-order valence-electron chi connectivity index (χ3n) is 13.6. The molecule has 0 aliphatic heterocycles. The topological polar surface area (TPSA) is 587 Å². The number of amides is 5. The molecule has 23 N–H and O–H groups in total. The van der Waals surface area contributed by atoms with Crippen molar-refractivity contribution in [3.05, 3.63) is 0 Å². The van der Waals surface area contributed by atoms with Crippen LogP contribution in [0.25, 0.3) is 0 Å². The third-order valence-corrected chi connectivity index (χ3v) is 13.6. The molecule has 0 aromatic rings. The summed E-state index contributed by atoms with van der Waals surface area (Å²) in [7, 11) is 0. The summed E-state index contributed by atoms with van der Waals surface area (Å²) in [5.41, 5.74) is -2.08. The van der Waals surface area contributed by atoms with Crippen LogP contribution in [0.2, 0.25) is 0 Å². The van der Waals surface area contributed by atoms with Gasteiger partial charge in [0.25, 0.3) is 0 Å². The van der Waals surface area contributed by atoms with Crippen molar-refractivity contribution in [2.45, 2.75) is 216 Å². The van der Waals surface area contributed by atoms with Gasteiger partial charge in [-0.2, -0.15) is 0 Å². The van der Waals surface area contributed by atoms with Crippen molar-refractivity contribution < 1.29 is 135 Å². The molecule has 0 aromatic heterocycles. The highest BCUT2D eigenvalue weighted by molar-refractivity contribution is 5.97. The van der Waals surface area contributed by atoms with Crippen LogP contribution in [0, 0.1) is 17.3 Å². The molecule has 0 rings (SSSR count). The van der Waals surface area contributed by atoms with Crippen molar-refractivity contribution in [3.8, 4) is 0 Å². The van der Waals surface area contributed by atoms with Gasteiger partial charge in [0.05, 0.1) is 56.3 Å². The van der Waals surface area contributed by atoms with Crippen molar-refractivity contribution in [2.75, 3.05) is 39.5 Å². The Balaban J connectivity index is 7.10. The molecule has 0 saturated heterocycles. The van der Waals surface area contributed by atoms with E-state index in [0.717, 1.165) is 0 Å². The summed E-state index contributed by atoms with van der Waals surface area (Å²) in [6.07, 6.45) is -31.0. The minimum absolute atomic E-state index is 0.294. The van der Waals surface area contributed by atoms with Crippen molar-refractivity contribution in [3.63, 3.8) is 0 Å². The zero-order valence-electron chi connectivity index (χ0n) is 49.2. The molecule has 0 spiro atoms. The predicted octanol–water partition coefficient (Wildman–Crippen LogP) is -8.79. The SMILES string of the molecule is CC(C)(C)N[C@@H](CCC(=O)NC[C@H](O)[C@@H](O)[C@H](O)[C@H](O)CO)C(=O)C[C@@H](CCC(=O)O)C(=O)N[C@@H](CCC(=O)NC[C@H](O)[C@@H](O)[C@H](O)[C@H](O)CO)C(=O)C[C@@H](CCC(=O)O)C(=O)N[C@@H](CCC(=O)NC[C@H](O)[C@@H](O)[C@H](O)[C@H](O)CO)C(=O)C(C)(C)C. The summed E-state index contributed by atoms with van der Waals surface area (Å²) in [5.74, 6) is -13.5. The molecule has 0 saturated carbocycles. The Morgan fingerprint density at radius 1 is 0.372 bits per heavy atom. The number of carboxylic acids is 2. The van der Waals surface area contributed by atoms with Crippen LogP contribution in [0.5, 0.6) is 0 Å². The van der Waals surface area contributed by atoms with Gasteiger partial charge in [0.15, 0.2) is 17.3 Å². The molecule has 0 heterocycles. The van der Waals surface area contributed by atoms with Crippen LogP contribution < -0.4 is 31.9 Å². The van der Waals surface area contributed by atoms with Gasteiger partial charge in [-0.3, -0.25) is 47.9 Å². The highest BCUT2D eigenvalue weighted by atomic mass is 16.4. The zero-order valence-corrected chi connectivity index (χ0v) is 49.2. The molecule has 0 bridgehead atoms. The third kappa shape index (κ3) is 31.0. The number of ketones is 3. The number of nitrogens with one attached hydrogen (secondary N) is 6. The molecule has 0 aliphatic rings. The predicted molar refractivity (Wildman–Crippen MR) is 295 cm³/mol. The molecular weight excluding hydrogens is 1150 g/mol. The Bertz CT molecular complexity index is 2160. The van der Waals surface area contributed by atoms with E-state index >= 15 is 0 Å². The number of carbonyl (C=O) groups excluding carboxylic acids is 8. The number of aliphatic carboxylic acids is 2. The molecule has 0 fully saturated rings. The van der Waals surface area contributed by atoms with Gasteiger partial charge >= 0.3 is 11.9 Å². The number of rotatable bonds is 45. The van der Waals surface area contributed by atoms with Crippen LogP contribution in [0.3, 0.4) is 0 Å². The smallest absolute Gasteiger partial charge is 0.303 e. The van der Waals surface area contributed by atoms with E-state index in [1.165, 1.54) is 20.8 Å². The number of hydrogen-bond acceptors (Lipinski definition) is 26. The number of aliphatic hydroxyl groups excluding tert-OH is 15. The molecule has 33 heteroatoms. The summed E-state index contributed by atoms with van der Waals surface area (Å²) < 4.78 is 0. The van der Waals surface area contributed by atoms with E-state index in [1.54, 1.807) is 20.8 Å². The maximum atomic E-state index is 14.5. The Morgan fingerprint density at radius 2 is 0.651 bits per heavy atom. The normalized spacial score (nSPS) is 18.0. The van der Waals surface area contributed by atoms with E-state index in [0.29, 0.717) is 0 Å². The van der Waals surface area contributed by atoms with Crippen LogP contribution in [-0.4, -0.2) is 282 Å². The quantitative estimate of drug-likeness (QED) is 0.0269. The molecular formula is C53H94N6O27.